The van der Waals surface area contributed by atoms with Crippen LogP contribution in [0.1, 0.15) is 41.3 Å². The minimum Gasteiger partial charge on any atom is -0.419 e. The number of hydrogen-bond donors (Lipinski definition) is 0. The molecule has 0 aliphatic heterocycles. The minimum atomic E-state index is -0.971. The Hall–Kier alpha value is -6.35. The first kappa shape index (κ1) is 29.8. The fourth-order valence-corrected chi connectivity index (χ4v) is 6.79. The van der Waals surface area contributed by atoms with Crippen LogP contribution in [0.3, 0.4) is 0 Å². The van der Waals surface area contributed by atoms with E-state index in [1.165, 1.54) is 18.5 Å². The summed E-state index contributed by atoms with van der Waals surface area (Å²) in [5.74, 6) is -0.176. The average Bonchev–Trinajstić information content (AvgIpc) is 3.73. The molecule has 0 bridgehead atoms. The Bertz CT molecular complexity index is 2380. The van der Waals surface area contributed by atoms with Crippen LogP contribution in [-0.2, 0) is 5.54 Å². The van der Waals surface area contributed by atoms with Crippen molar-refractivity contribution in [3.63, 3.8) is 0 Å². The minimum absolute atomic E-state index is 0.166. The van der Waals surface area contributed by atoms with Crippen molar-refractivity contribution in [3.8, 4) is 34.0 Å². The van der Waals surface area contributed by atoms with Crippen molar-refractivity contribution >= 4 is 10.9 Å². The normalized spacial score (nSPS) is 13.2. The predicted molar refractivity (Wildman–Crippen MR) is 186 cm³/mol. The third-order valence-corrected chi connectivity index (χ3v) is 9.33. The second-order valence-electron chi connectivity index (χ2n) is 12.4. The first-order valence-electron chi connectivity index (χ1n) is 16.4. The summed E-state index contributed by atoms with van der Waals surface area (Å²) in [6.07, 6.45) is 5.47. The van der Waals surface area contributed by atoms with Crippen LogP contribution in [0.15, 0.2) is 144 Å². The molecule has 1 saturated carbocycles. The lowest BCUT2D eigenvalue weighted by Crippen LogP contribution is -2.38. The predicted octanol–water partition coefficient (Wildman–Crippen LogP) is 9.21. The maximum Gasteiger partial charge on any atom is 0.267 e. The molecule has 3 heterocycles. The van der Waals surface area contributed by atoms with Crippen molar-refractivity contribution in [3.05, 3.63) is 174 Å². The zero-order chi connectivity index (χ0) is 33.7. The van der Waals surface area contributed by atoms with Gasteiger partial charge < -0.3 is 4.42 Å². The van der Waals surface area contributed by atoms with Gasteiger partial charge in [0.05, 0.1) is 5.52 Å². The molecule has 7 nitrogen and oxygen atoms in total. The van der Waals surface area contributed by atoms with Crippen molar-refractivity contribution in [2.45, 2.75) is 24.3 Å². The molecule has 0 N–H and O–H groups in total. The Kier molecular flexibility index (Phi) is 7.12. The van der Waals surface area contributed by atoms with Gasteiger partial charge in [-0.05, 0) is 59.4 Å². The van der Waals surface area contributed by atoms with Crippen molar-refractivity contribution in [1.82, 2.24) is 29.9 Å². The van der Waals surface area contributed by atoms with Crippen LogP contribution in [0.2, 0.25) is 0 Å². The molecule has 1 aliphatic rings. The van der Waals surface area contributed by atoms with Gasteiger partial charge >= 0.3 is 0 Å². The van der Waals surface area contributed by atoms with E-state index in [-0.39, 0.29) is 11.5 Å². The van der Waals surface area contributed by atoms with Gasteiger partial charge in [0.2, 0.25) is 5.89 Å². The topological polar surface area (TPSA) is 82.5 Å². The van der Waals surface area contributed by atoms with Crippen molar-refractivity contribution in [2.75, 3.05) is 0 Å². The lowest BCUT2D eigenvalue weighted by molar-refractivity contribution is 0.461. The summed E-state index contributed by atoms with van der Waals surface area (Å²) in [6.45, 7) is 0. The molecule has 9 rings (SSSR count). The highest BCUT2D eigenvalue weighted by molar-refractivity contribution is 5.95. The standard InChI is InChI=1S/C41H28F2N6O/c42-31-19-20-32(35(43)23-31)37-34(27-18-21-36-33(22-27)38(45-25-44-36)40-47-46-39(50-40)26-16-17-26)24-49(48-37)41(28-10-4-1-5-11-28,29-12-6-2-7-13-29)30-14-8-3-9-15-30/h1-15,18-26H,16-17H2. The van der Waals surface area contributed by atoms with E-state index >= 15 is 4.39 Å². The summed E-state index contributed by atoms with van der Waals surface area (Å²) < 4.78 is 38.0. The summed E-state index contributed by atoms with van der Waals surface area (Å²) in [7, 11) is 0. The van der Waals surface area contributed by atoms with Crippen LogP contribution >= 0.6 is 0 Å². The molecule has 242 valence electrons. The number of halogens is 2. The van der Waals surface area contributed by atoms with Gasteiger partial charge in [-0.2, -0.15) is 5.10 Å². The molecular formula is C41H28F2N6O. The third-order valence-electron chi connectivity index (χ3n) is 9.33. The SMILES string of the molecule is Fc1ccc(-c2nn(C(c3ccccc3)(c3ccccc3)c3ccccc3)cc2-c2ccc3ncnc(-c4nnc(C5CC5)o4)c3c2)c(F)c1. The number of rotatable bonds is 8. The summed E-state index contributed by atoms with van der Waals surface area (Å²) >= 11 is 0. The van der Waals surface area contributed by atoms with Crippen molar-refractivity contribution in [1.29, 1.82) is 0 Å². The van der Waals surface area contributed by atoms with Gasteiger partial charge in [-0.1, -0.05) is 97.1 Å². The Labute approximate surface area is 285 Å². The zero-order valence-corrected chi connectivity index (χ0v) is 26.6. The number of nitrogens with zero attached hydrogens (tertiary/aromatic N) is 6. The van der Waals surface area contributed by atoms with Gasteiger partial charge in [0.25, 0.3) is 5.89 Å². The molecule has 0 radical (unpaired) electrons. The Morgan fingerprint density at radius 1 is 0.660 bits per heavy atom. The van der Waals surface area contributed by atoms with Crippen molar-refractivity contribution < 1.29 is 13.2 Å². The first-order chi connectivity index (χ1) is 24.6. The Balaban J connectivity index is 1.33. The molecule has 1 aliphatic carbocycles. The summed E-state index contributed by atoms with van der Waals surface area (Å²) in [4.78, 5) is 9.04. The fraction of sp³-hybridized carbons (Fsp3) is 0.0976. The van der Waals surface area contributed by atoms with E-state index in [0.29, 0.717) is 39.6 Å². The molecule has 50 heavy (non-hydrogen) atoms. The van der Waals surface area contributed by atoms with E-state index in [0.717, 1.165) is 41.2 Å². The summed E-state index contributed by atoms with van der Waals surface area (Å²) in [5.41, 5.74) is 4.94. The number of benzene rings is 5. The zero-order valence-electron chi connectivity index (χ0n) is 26.6. The molecule has 3 aromatic heterocycles. The average molecular weight is 659 g/mol. The monoisotopic (exact) mass is 658 g/mol. The van der Waals surface area contributed by atoms with Crippen LogP contribution in [0, 0.1) is 11.6 Å². The second kappa shape index (κ2) is 12.0. The van der Waals surface area contributed by atoms with E-state index in [1.54, 1.807) is 0 Å². The van der Waals surface area contributed by atoms with E-state index in [9.17, 15) is 4.39 Å². The maximum atomic E-state index is 15.8. The van der Waals surface area contributed by atoms with Gasteiger partial charge in [-0.3, -0.25) is 4.68 Å². The molecule has 0 atom stereocenters. The smallest absolute Gasteiger partial charge is 0.267 e. The van der Waals surface area contributed by atoms with Crippen molar-refractivity contribution in [2.24, 2.45) is 0 Å². The molecule has 5 aromatic carbocycles. The van der Waals surface area contributed by atoms with Crippen LogP contribution in [0.4, 0.5) is 8.78 Å². The lowest BCUT2D eigenvalue weighted by Gasteiger charge is -2.36. The van der Waals surface area contributed by atoms with Gasteiger partial charge in [0.1, 0.15) is 34.9 Å². The highest BCUT2D eigenvalue weighted by Crippen LogP contribution is 2.44. The molecular weight excluding hydrogens is 630 g/mol. The van der Waals surface area contributed by atoms with E-state index in [1.807, 2.05) is 83.7 Å². The molecule has 0 saturated heterocycles. The molecule has 8 aromatic rings. The van der Waals surface area contributed by atoms with Crippen LogP contribution < -0.4 is 0 Å². The van der Waals surface area contributed by atoms with Crippen LogP contribution in [0.5, 0.6) is 0 Å². The molecule has 0 spiro atoms. The third kappa shape index (κ3) is 4.97. The van der Waals surface area contributed by atoms with Gasteiger partial charge in [-0.15, -0.1) is 10.2 Å². The first-order valence-corrected chi connectivity index (χ1v) is 16.4. The number of fused-ring (bicyclic) bond motifs is 1. The molecule has 1 fully saturated rings. The lowest BCUT2D eigenvalue weighted by atomic mass is 9.77. The molecule has 0 amide bonds. The van der Waals surface area contributed by atoms with Crippen LogP contribution in [-0.4, -0.2) is 29.9 Å². The second-order valence-corrected chi connectivity index (χ2v) is 12.4. The number of hydrogen-bond acceptors (Lipinski definition) is 6. The molecule has 9 heteroatoms. The van der Waals surface area contributed by atoms with Gasteiger partial charge in [-0.25, -0.2) is 18.7 Å². The Morgan fingerprint density at radius 2 is 1.32 bits per heavy atom. The fourth-order valence-electron chi connectivity index (χ4n) is 6.79. The summed E-state index contributed by atoms with van der Waals surface area (Å²) in [5, 5.41) is 14.5. The highest BCUT2D eigenvalue weighted by atomic mass is 19.1. The number of aromatic nitrogens is 6. The van der Waals surface area contributed by atoms with Gasteiger partial charge in [0, 0.05) is 34.7 Å². The van der Waals surface area contributed by atoms with E-state index in [4.69, 9.17) is 9.52 Å². The quantitative estimate of drug-likeness (QED) is 0.151. The molecule has 0 unspecified atom stereocenters. The maximum absolute atomic E-state index is 15.8. The van der Waals surface area contributed by atoms with E-state index < -0.39 is 17.2 Å². The Morgan fingerprint density at radius 3 is 1.94 bits per heavy atom. The summed E-state index contributed by atoms with van der Waals surface area (Å²) in [6, 6.07) is 39.6. The van der Waals surface area contributed by atoms with E-state index in [2.05, 4.69) is 56.6 Å². The van der Waals surface area contributed by atoms with Crippen LogP contribution in [0.25, 0.3) is 44.9 Å². The van der Waals surface area contributed by atoms with Gasteiger partial charge in [0.15, 0.2) is 0 Å². The largest absolute Gasteiger partial charge is 0.419 e. The highest BCUT2D eigenvalue weighted by Gasteiger charge is 2.40.